The zero-order valence-corrected chi connectivity index (χ0v) is 13.1. The summed E-state index contributed by atoms with van der Waals surface area (Å²) in [6.45, 7) is 0.255. The van der Waals surface area contributed by atoms with Crippen molar-refractivity contribution in [3.05, 3.63) is 12.2 Å². The average molecular weight is 346 g/mol. The summed E-state index contributed by atoms with van der Waals surface area (Å²) in [5, 5.41) is 0.427. The number of hydrogen-bond donors (Lipinski definition) is 2. The van der Waals surface area contributed by atoms with Crippen LogP contribution in [0.2, 0.25) is 0 Å². The normalized spacial score (nSPS) is 15.8. The van der Waals surface area contributed by atoms with Crippen LogP contribution in [0.3, 0.4) is 0 Å². The number of carbonyl (C=O) groups is 4. The number of rotatable bonds is 10. The van der Waals surface area contributed by atoms with Crippen molar-refractivity contribution in [2.45, 2.75) is 37.5 Å². The first kappa shape index (κ1) is 19.0. The minimum absolute atomic E-state index is 0.00498. The Morgan fingerprint density at radius 3 is 2.35 bits per heavy atom. The van der Waals surface area contributed by atoms with Crippen molar-refractivity contribution in [3.8, 4) is 0 Å². The molecule has 2 N–H and O–H groups in total. The maximum Gasteiger partial charge on any atom is 0.286 e. The Balaban J connectivity index is 2.25. The van der Waals surface area contributed by atoms with E-state index in [-0.39, 0.29) is 31.1 Å². The van der Waals surface area contributed by atoms with Crippen molar-refractivity contribution in [2.75, 3.05) is 6.54 Å². The van der Waals surface area contributed by atoms with Gasteiger partial charge in [-0.2, -0.15) is 8.42 Å². The third kappa shape index (κ3) is 6.28. The van der Waals surface area contributed by atoms with Crippen LogP contribution in [0.5, 0.6) is 0 Å². The highest BCUT2D eigenvalue weighted by Gasteiger charge is 2.24. The number of carbonyl (C=O) groups excluding carboxylic acids is 4. The van der Waals surface area contributed by atoms with E-state index in [0.29, 0.717) is 19.3 Å². The van der Waals surface area contributed by atoms with Gasteiger partial charge in [-0.3, -0.25) is 23.8 Å². The quantitative estimate of drug-likeness (QED) is 0.233. The van der Waals surface area contributed by atoms with Gasteiger partial charge in [-0.15, -0.1) is 0 Å². The second-order valence-electron chi connectivity index (χ2n) is 4.95. The molecule has 0 aromatic rings. The Morgan fingerprint density at radius 1 is 1.22 bits per heavy atom. The number of imide groups is 1. The van der Waals surface area contributed by atoms with Gasteiger partial charge in [-0.05, 0) is 12.8 Å². The average Bonchev–Trinajstić information content (AvgIpc) is 2.77. The van der Waals surface area contributed by atoms with Gasteiger partial charge < -0.3 is 10.1 Å². The first-order valence-corrected chi connectivity index (χ1v) is 8.49. The molecule has 1 heterocycles. The van der Waals surface area contributed by atoms with E-state index in [9.17, 15) is 27.6 Å². The predicted octanol–water partition coefficient (Wildman–Crippen LogP) is -0.609. The van der Waals surface area contributed by atoms with Crippen LogP contribution < -0.4 is 5.32 Å². The Morgan fingerprint density at radius 2 is 1.83 bits per heavy atom. The molecule has 0 bridgehead atoms. The molecule has 3 amide bonds. The van der Waals surface area contributed by atoms with E-state index in [0.717, 1.165) is 4.90 Å². The smallest absolute Gasteiger partial charge is 0.286 e. The van der Waals surface area contributed by atoms with Crippen LogP contribution in [-0.4, -0.2) is 53.8 Å². The number of nitrogens with one attached hydrogen (secondary N) is 1. The molecular formula is C13H18N2O7S. The van der Waals surface area contributed by atoms with Crippen LogP contribution in [-0.2, 0) is 29.3 Å². The molecule has 1 aliphatic heterocycles. The summed E-state index contributed by atoms with van der Waals surface area (Å²) in [5.41, 5.74) is 0. The summed E-state index contributed by atoms with van der Waals surface area (Å²) < 4.78 is 30.8. The zero-order valence-electron chi connectivity index (χ0n) is 12.3. The molecule has 1 aliphatic rings. The first-order chi connectivity index (χ1) is 10.8. The van der Waals surface area contributed by atoms with E-state index in [1.54, 1.807) is 0 Å². The lowest BCUT2D eigenvalue weighted by Gasteiger charge is -2.14. The monoisotopic (exact) mass is 346 g/mol. The summed E-state index contributed by atoms with van der Waals surface area (Å²) >= 11 is 0. The van der Waals surface area contributed by atoms with E-state index in [2.05, 4.69) is 5.32 Å². The van der Waals surface area contributed by atoms with Gasteiger partial charge in [-0.1, -0.05) is 6.42 Å². The molecule has 128 valence electrons. The summed E-state index contributed by atoms with van der Waals surface area (Å²) in [6, 6.07) is 0. The highest BCUT2D eigenvalue weighted by molar-refractivity contribution is 7.86. The highest BCUT2D eigenvalue weighted by atomic mass is 32.2. The van der Waals surface area contributed by atoms with Crippen LogP contribution in [0, 0.1) is 0 Å². The Labute approximate surface area is 133 Å². The summed E-state index contributed by atoms with van der Waals surface area (Å²) in [5.74, 6) is -1.33. The van der Waals surface area contributed by atoms with Crippen molar-refractivity contribution >= 4 is 34.1 Å². The van der Waals surface area contributed by atoms with Gasteiger partial charge in [0, 0.05) is 31.5 Å². The van der Waals surface area contributed by atoms with Crippen LogP contribution in [0.15, 0.2) is 12.2 Å². The molecule has 1 atom stereocenters. The third-order valence-corrected chi connectivity index (χ3v) is 4.21. The van der Waals surface area contributed by atoms with E-state index in [1.165, 1.54) is 12.2 Å². The lowest BCUT2D eigenvalue weighted by molar-refractivity contribution is -0.137. The molecule has 0 saturated heterocycles. The minimum atomic E-state index is -4.53. The van der Waals surface area contributed by atoms with Crippen LogP contribution in [0.1, 0.15) is 32.1 Å². The maximum absolute atomic E-state index is 11.6. The van der Waals surface area contributed by atoms with Crippen LogP contribution >= 0.6 is 0 Å². The van der Waals surface area contributed by atoms with Gasteiger partial charge in [0.05, 0.1) is 0 Å². The van der Waals surface area contributed by atoms with Crippen molar-refractivity contribution < 1.29 is 32.1 Å². The fraction of sp³-hybridized carbons (Fsp3) is 0.538. The van der Waals surface area contributed by atoms with Gasteiger partial charge in [0.1, 0.15) is 6.29 Å². The molecule has 0 aliphatic carbocycles. The Bertz CT molecular complexity index is 594. The van der Waals surface area contributed by atoms with Gasteiger partial charge in [-0.25, -0.2) is 0 Å². The van der Waals surface area contributed by atoms with E-state index >= 15 is 0 Å². The second-order valence-corrected chi connectivity index (χ2v) is 6.54. The van der Waals surface area contributed by atoms with Gasteiger partial charge in [0.15, 0.2) is 5.37 Å². The molecule has 1 unspecified atom stereocenters. The molecule has 10 heteroatoms. The number of nitrogens with zero attached hydrogens (tertiary/aromatic N) is 1. The van der Waals surface area contributed by atoms with Crippen LogP contribution in [0.25, 0.3) is 0 Å². The SMILES string of the molecule is O=CCC(NC(=O)CCCCCN1C(=O)C=CC1=O)S(=O)(=O)O. The van der Waals surface area contributed by atoms with Crippen molar-refractivity contribution in [3.63, 3.8) is 0 Å². The van der Waals surface area contributed by atoms with Gasteiger partial charge >= 0.3 is 0 Å². The number of aldehydes is 1. The standard InChI is InChI=1S/C13H18N2O7S/c16-9-7-11(23(20,21)22)14-10(17)4-2-1-3-8-15-12(18)5-6-13(15)19/h5-6,9,11H,1-4,7-8H2,(H,14,17)(H,20,21,22). The lowest BCUT2D eigenvalue weighted by atomic mass is 10.2. The number of amides is 3. The molecule has 0 aromatic heterocycles. The molecule has 9 nitrogen and oxygen atoms in total. The maximum atomic E-state index is 11.6. The van der Waals surface area contributed by atoms with Crippen molar-refractivity contribution in [1.82, 2.24) is 10.2 Å². The molecule has 0 radical (unpaired) electrons. The van der Waals surface area contributed by atoms with E-state index in [4.69, 9.17) is 4.55 Å². The molecule has 0 saturated carbocycles. The molecule has 1 rings (SSSR count). The fourth-order valence-electron chi connectivity index (χ4n) is 1.98. The third-order valence-electron chi connectivity index (χ3n) is 3.18. The van der Waals surface area contributed by atoms with E-state index < -0.39 is 27.8 Å². The number of hydrogen-bond acceptors (Lipinski definition) is 6. The van der Waals surface area contributed by atoms with Crippen LogP contribution in [0.4, 0.5) is 0 Å². The zero-order chi connectivity index (χ0) is 17.5. The Hall–Kier alpha value is -2.07. The molecule has 0 aromatic carbocycles. The largest absolute Gasteiger partial charge is 0.337 e. The molecule has 0 fully saturated rings. The topological polar surface area (TPSA) is 138 Å². The Kier molecular flexibility index (Phi) is 7.04. The predicted molar refractivity (Wildman–Crippen MR) is 78.5 cm³/mol. The summed E-state index contributed by atoms with van der Waals surface area (Å²) in [7, 11) is -4.53. The van der Waals surface area contributed by atoms with Crippen molar-refractivity contribution in [1.29, 1.82) is 0 Å². The molecule has 23 heavy (non-hydrogen) atoms. The second kappa shape index (κ2) is 8.53. The fourth-order valence-corrected chi connectivity index (χ4v) is 2.58. The minimum Gasteiger partial charge on any atom is -0.337 e. The number of unbranched alkanes of at least 4 members (excludes halogenated alkanes) is 2. The lowest BCUT2D eigenvalue weighted by Crippen LogP contribution is -2.40. The summed E-state index contributed by atoms with van der Waals surface area (Å²) in [6.07, 6.45) is 3.63. The summed E-state index contributed by atoms with van der Waals surface area (Å²) in [4.78, 5) is 45.6. The molecule has 0 spiro atoms. The first-order valence-electron chi connectivity index (χ1n) is 6.98. The van der Waals surface area contributed by atoms with E-state index in [1.807, 2.05) is 0 Å². The van der Waals surface area contributed by atoms with Crippen molar-refractivity contribution in [2.24, 2.45) is 0 Å². The highest BCUT2D eigenvalue weighted by Crippen LogP contribution is 2.08. The van der Waals surface area contributed by atoms with Gasteiger partial charge in [0.25, 0.3) is 21.9 Å². The molecular weight excluding hydrogens is 328 g/mol. The van der Waals surface area contributed by atoms with Gasteiger partial charge in [0.2, 0.25) is 5.91 Å².